The van der Waals surface area contributed by atoms with Gasteiger partial charge in [-0.3, -0.25) is 9.59 Å². The number of nitrogens with one attached hydrogen (secondary N) is 2. The van der Waals surface area contributed by atoms with Crippen LogP contribution in [0.2, 0.25) is 6.32 Å². The fourth-order valence-electron chi connectivity index (χ4n) is 0.833. The predicted molar refractivity (Wildman–Crippen MR) is 53.1 cm³/mol. The molecule has 13 heavy (non-hydrogen) atoms. The van der Waals surface area contributed by atoms with E-state index in [1.807, 2.05) is 6.92 Å². The molecule has 0 saturated heterocycles. The molecule has 0 aromatic carbocycles. The zero-order valence-electron chi connectivity index (χ0n) is 8.52. The molecule has 0 aliphatic carbocycles. The number of amides is 2. The largest absolute Gasteiger partial charge is 0.380 e. The van der Waals surface area contributed by atoms with Gasteiger partial charge in [-0.25, -0.2) is 0 Å². The van der Waals surface area contributed by atoms with Gasteiger partial charge in [0.2, 0.25) is 11.8 Å². The van der Waals surface area contributed by atoms with Crippen LogP contribution in [0.15, 0.2) is 0 Å². The van der Waals surface area contributed by atoms with Crippen molar-refractivity contribution in [2.75, 3.05) is 0 Å². The Morgan fingerprint density at radius 1 is 1.00 bits per heavy atom. The maximum absolute atomic E-state index is 11.0. The molecular weight excluding hydrogens is 167 g/mol. The van der Waals surface area contributed by atoms with Crippen LogP contribution in [0, 0.1) is 0 Å². The third-order valence-electron chi connectivity index (χ3n) is 1.72. The summed E-state index contributed by atoms with van der Waals surface area (Å²) in [5.74, 6) is -0.0773. The van der Waals surface area contributed by atoms with Gasteiger partial charge in [0.05, 0.1) is 0 Å². The minimum atomic E-state index is -0.222. The van der Waals surface area contributed by atoms with Crippen LogP contribution >= 0.6 is 0 Å². The van der Waals surface area contributed by atoms with Crippen LogP contribution in [0.3, 0.4) is 0 Å². The molecule has 0 aromatic heterocycles. The van der Waals surface area contributed by atoms with Crippen molar-refractivity contribution in [2.45, 2.75) is 39.9 Å². The fourth-order valence-corrected chi connectivity index (χ4v) is 0.833. The second-order valence-corrected chi connectivity index (χ2v) is 2.80. The summed E-state index contributed by atoms with van der Waals surface area (Å²) in [6.45, 7) is 5.25. The first-order valence-electron chi connectivity index (χ1n) is 4.72. The van der Waals surface area contributed by atoms with Gasteiger partial charge in [0.15, 0.2) is 0 Å². The minimum Gasteiger partial charge on any atom is -0.380 e. The molecule has 0 aliphatic heterocycles. The lowest BCUT2D eigenvalue weighted by atomic mass is 9.73. The molecule has 0 fully saturated rings. The second kappa shape index (κ2) is 6.51. The quantitative estimate of drug-likeness (QED) is 0.613. The number of hydrogen-bond donors (Lipinski definition) is 2. The van der Waals surface area contributed by atoms with Crippen LogP contribution in [0.4, 0.5) is 0 Å². The van der Waals surface area contributed by atoms with Gasteiger partial charge in [-0.15, -0.1) is 0 Å². The summed E-state index contributed by atoms with van der Waals surface area (Å²) in [7, 11) is 0. The molecule has 74 valence electrons. The molecule has 5 heteroatoms. The van der Waals surface area contributed by atoms with Crippen LogP contribution in [0.1, 0.15) is 33.6 Å². The Bertz CT molecular complexity index is 167. The van der Waals surface area contributed by atoms with Crippen LogP contribution in [-0.4, -0.2) is 18.8 Å². The zero-order chi connectivity index (χ0) is 10.3. The van der Waals surface area contributed by atoms with Gasteiger partial charge >= 0.3 is 6.98 Å². The monoisotopic (exact) mass is 184 g/mol. The molecule has 0 bridgehead atoms. The summed E-state index contributed by atoms with van der Waals surface area (Å²) in [5, 5.41) is 5.42. The zero-order valence-corrected chi connectivity index (χ0v) is 8.52. The molecule has 0 saturated carbocycles. The van der Waals surface area contributed by atoms with Gasteiger partial charge in [0, 0.05) is 12.8 Å². The number of carbonyl (C=O) groups is 2. The van der Waals surface area contributed by atoms with Crippen LogP contribution in [0.5, 0.6) is 0 Å². The molecule has 0 atom stereocenters. The third kappa shape index (κ3) is 5.28. The van der Waals surface area contributed by atoms with E-state index in [0.29, 0.717) is 19.2 Å². The highest BCUT2D eigenvalue weighted by Crippen LogP contribution is 1.86. The maximum atomic E-state index is 11.0. The topological polar surface area (TPSA) is 58.2 Å². The predicted octanol–water partition coefficient (Wildman–Crippen LogP) is 0.547. The van der Waals surface area contributed by atoms with Gasteiger partial charge in [0.1, 0.15) is 0 Å². The van der Waals surface area contributed by atoms with E-state index in [1.54, 1.807) is 13.8 Å². The SMILES string of the molecule is CCB(NC(=O)CC)NC(=O)CC. The second-order valence-electron chi connectivity index (χ2n) is 2.80. The van der Waals surface area contributed by atoms with Crippen molar-refractivity contribution in [2.24, 2.45) is 0 Å². The van der Waals surface area contributed by atoms with Crippen molar-refractivity contribution < 1.29 is 9.59 Å². The van der Waals surface area contributed by atoms with Crippen LogP contribution < -0.4 is 10.5 Å². The lowest BCUT2D eigenvalue weighted by Gasteiger charge is -2.13. The lowest BCUT2D eigenvalue weighted by molar-refractivity contribution is -0.119. The Morgan fingerprint density at radius 3 is 1.62 bits per heavy atom. The van der Waals surface area contributed by atoms with Crippen molar-refractivity contribution >= 4 is 18.8 Å². The highest BCUT2D eigenvalue weighted by atomic mass is 16.2. The van der Waals surface area contributed by atoms with Gasteiger partial charge in [-0.05, 0) is 6.32 Å². The molecule has 2 N–H and O–H groups in total. The van der Waals surface area contributed by atoms with E-state index in [-0.39, 0.29) is 18.8 Å². The van der Waals surface area contributed by atoms with E-state index in [0.717, 1.165) is 0 Å². The van der Waals surface area contributed by atoms with E-state index >= 15 is 0 Å². The Morgan fingerprint density at radius 2 is 1.38 bits per heavy atom. The van der Waals surface area contributed by atoms with E-state index in [9.17, 15) is 9.59 Å². The Labute approximate surface area is 79.6 Å². The summed E-state index contributed by atoms with van der Waals surface area (Å²) < 4.78 is 0. The van der Waals surface area contributed by atoms with E-state index < -0.39 is 0 Å². The summed E-state index contributed by atoms with van der Waals surface area (Å²) in [6.07, 6.45) is 1.59. The highest BCUT2D eigenvalue weighted by Gasteiger charge is 2.16. The van der Waals surface area contributed by atoms with Gasteiger partial charge in [-0.2, -0.15) is 0 Å². The third-order valence-corrected chi connectivity index (χ3v) is 1.72. The van der Waals surface area contributed by atoms with E-state index in [2.05, 4.69) is 10.5 Å². The normalized spacial score (nSPS) is 9.15. The molecule has 2 amide bonds. The Balaban J connectivity index is 3.89. The molecule has 0 rings (SSSR count). The smallest absolute Gasteiger partial charge is 0.374 e. The van der Waals surface area contributed by atoms with Crippen molar-refractivity contribution in [3.63, 3.8) is 0 Å². The first-order chi connectivity index (χ1) is 6.13. The van der Waals surface area contributed by atoms with Crippen molar-refractivity contribution in [3.05, 3.63) is 0 Å². The number of hydrogen-bond acceptors (Lipinski definition) is 2. The summed E-state index contributed by atoms with van der Waals surface area (Å²) in [4.78, 5) is 22.0. The number of rotatable bonds is 5. The maximum Gasteiger partial charge on any atom is 0.374 e. The average Bonchev–Trinajstić information content (AvgIpc) is 2.16. The standard InChI is InChI=1S/C8H17BN2O2/c1-4-7(12)10-9(6-3)11-8(13)5-2/h4-6H2,1-3H3,(H,10,12)(H,11,13). The van der Waals surface area contributed by atoms with Crippen molar-refractivity contribution in [3.8, 4) is 0 Å². The lowest BCUT2D eigenvalue weighted by Crippen LogP contribution is -2.51. The Hall–Kier alpha value is -0.995. The summed E-state index contributed by atoms with van der Waals surface area (Å²) in [6, 6.07) is 0. The fraction of sp³-hybridized carbons (Fsp3) is 0.750. The molecule has 0 aliphatic rings. The average molecular weight is 184 g/mol. The van der Waals surface area contributed by atoms with Gasteiger partial charge in [0.25, 0.3) is 0 Å². The number of carbonyl (C=O) groups excluding carboxylic acids is 2. The van der Waals surface area contributed by atoms with Crippen molar-refractivity contribution in [1.29, 1.82) is 0 Å². The van der Waals surface area contributed by atoms with Crippen molar-refractivity contribution in [1.82, 2.24) is 10.5 Å². The molecule has 0 aromatic rings. The van der Waals surface area contributed by atoms with E-state index in [4.69, 9.17) is 0 Å². The highest BCUT2D eigenvalue weighted by molar-refractivity contribution is 6.59. The van der Waals surface area contributed by atoms with Crippen LogP contribution in [0.25, 0.3) is 0 Å². The molecule has 0 heterocycles. The van der Waals surface area contributed by atoms with E-state index in [1.165, 1.54) is 0 Å². The first-order valence-corrected chi connectivity index (χ1v) is 4.72. The summed E-state index contributed by atoms with van der Waals surface area (Å²) in [5.41, 5.74) is 0. The van der Waals surface area contributed by atoms with Crippen LogP contribution in [-0.2, 0) is 9.59 Å². The molecule has 0 radical (unpaired) electrons. The minimum absolute atomic E-state index is 0.0387. The summed E-state index contributed by atoms with van der Waals surface area (Å²) >= 11 is 0. The van der Waals surface area contributed by atoms with Gasteiger partial charge in [-0.1, -0.05) is 20.8 Å². The molecule has 0 unspecified atom stereocenters. The molecular formula is C8H17BN2O2. The Kier molecular flexibility index (Phi) is 6.01. The van der Waals surface area contributed by atoms with Gasteiger partial charge < -0.3 is 10.5 Å². The molecule has 0 spiro atoms. The first kappa shape index (κ1) is 12.0. The molecule has 4 nitrogen and oxygen atoms in total.